The molecule has 3 aliphatic rings. The van der Waals surface area contributed by atoms with Gasteiger partial charge in [0.2, 0.25) is 0 Å². The zero-order chi connectivity index (χ0) is 8.89. The molecule has 0 bridgehead atoms. The van der Waals surface area contributed by atoms with E-state index in [1.807, 2.05) is 0 Å². The number of hydrogen-bond acceptors (Lipinski definition) is 4. The third-order valence-corrected chi connectivity index (χ3v) is 3.60. The Balaban J connectivity index is 1.85. The molecule has 2 N–H and O–H groups in total. The molecule has 0 aliphatic carbocycles. The molecule has 1 spiro atoms. The first-order valence-electron chi connectivity index (χ1n) is 5.03. The van der Waals surface area contributed by atoms with Crippen LogP contribution in [0.4, 0.5) is 0 Å². The van der Waals surface area contributed by atoms with Gasteiger partial charge >= 0.3 is 0 Å². The molecular weight excluding hydrogens is 166 g/mol. The Morgan fingerprint density at radius 1 is 1.54 bits per heavy atom. The molecule has 0 aromatic rings. The Morgan fingerprint density at radius 3 is 3.23 bits per heavy atom. The highest BCUT2D eigenvalue weighted by Crippen LogP contribution is 2.40. The molecular formula is C9H15N3O. The molecule has 0 saturated carbocycles. The lowest BCUT2D eigenvalue weighted by Crippen LogP contribution is -2.45. The highest BCUT2D eigenvalue weighted by atomic mass is 16.5. The Hall–Kier alpha value is -0.770. The van der Waals surface area contributed by atoms with Gasteiger partial charge in [0.05, 0.1) is 12.6 Å². The third kappa shape index (κ3) is 0.921. The first kappa shape index (κ1) is 7.62. The normalized spacial score (nSPS) is 43.7. The number of amidine groups is 1. The van der Waals surface area contributed by atoms with Gasteiger partial charge in [0, 0.05) is 13.0 Å². The fourth-order valence-electron chi connectivity index (χ4n) is 2.98. The van der Waals surface area contributed by atoms with Crippen LogP contribution in [0.15, 0.2) is 4.99 Å². The van der Waals surface area contributed by atoms with E-state index in [4.69, 9.17) is 10.5 Å². The van der Waals surface area contributed by atoms with Gasteiger partial charge in [-0.3, -0.25) is 4.90 Å². The average Bonchev–Trinajstić information content (AvgIpc) is 2.72. The molecule has 4 nitrogen and oxygen atoms in total. The molecule has 0 amide bonds. The van der Waals surface area contributed by atoms with E-state index in [2.05, 4.69) is 9.89 Å². The minimum Gasteiger partial charge on any atom is -0.455 e. The lowest BCUT2D eigenvalue weighted by atomic mass is 9.93. The SMILES string of the molecule is NC1=NCC2(CCN3CCCC32)O1. The van der Waals surface area contributed by atoms with Gasteiger partial charge in [-0.25, -0.2) is 4.99 Å². The summed E-state index contributed by atoms with van der Waals surface area (Å²) in [6.45, 7) is 3.17. The van der Waals surface area contributed by atoms with E-state index in [1.165, 1.54) is 19.4 Å². The molecule has 2 fully saturated rings. The zero-order valence-electron chi connectivity index (χ0n) is 7.70. The second kappa shape index (κ2) is 2.38. The standard InChI is InChI=1S/C9H15N3O/c10-8-11-6-9(13-8)3-5-12-4-1-2-7(9)12/h7H,1-6H2,(H2,10,11). The number of hydrogen-bond donors (Lipinski definition) is 1. The van der Waals surface area contributed by atoms with E-state index in [-0.39, 0.29) is 5.60 Å². The van der Waals surface area contributed by atoms with E-state index < -0.39 is 0 Å². The number of nitrogens with two attached hydrogens (primary N) is 1. The smallest absolute Gasteiger partial charge is 0.282 e. The van der Waals surface area contributed by atoms with Crippen molar-refractivity contribution in [1.82, 2.24) is 4.90 Å². The summed E-state index contributed by atoms with van der Waals surface area (Å²) in [6, 6.07) is 0.978. The Labute approximate surface area is 77.7 Å². The van der Waals surface area contributed by atoms with E-state index in [0.717, 1.165) is 19.5 Å². The van der Waals surface area contributed by atoms with Crippen molar-refractivity contribution >= 4 is 6.02 Å². The highest BCUT2D eigenvalue weighted by Gasteiger charge is 2.53. The molecule has 4 heteroatoms. The first-order valence-corrected chi connectivity index (χ1v) is 5.03. The first-order chi connectivity index (χ1) is 6.30. The number of ether oxygens (including phenoxy) is 1. The fourth-order valence-corrected chi connectivity index (χ4v) is 2.98. The lowest BCUT2D eigenvalue weighted by molar-refractivity contribution is 0.0547. The van der Waals surface area contributed by atoms with Crippen LogP contribution < -0.4 is 5.73 Å². The average molecular weight is 181 g/mol. The fraction of sp³-hybridized carbons (Fsp3) is 0.889. The maximum absolute atomic E-state index is 5.71. The quantitative estimate of drug-likeness (QED) is 0.569. The molecule has 2 atom stereocenters. The molecule has 0 radical (unpaired) electrons. The molecule has 3 rings (SSSR count). The monoisotopic (exact) mass is 181 g/mol. The van der Waals surface area contributed by atoms with Crippen LogP contribution in [0.3, 0.4) is 0 Å². The lowest BCUT2D eigenvalue weighted by Gasteiger charge is -2.29. The van der Waals surface area contributed by atoms with E-state index in [9.17, 15) is 0 Å². The summed E-state index contributed by atoms with van der Waals surface area (Å²) >= 11 is 0. The summed E-state index contributed by atoms with van der Waals surface area (Å²) in [5.74, 6) is 0. The van der Waals surface area contributed by atoms with Gasteiger partial charge in [0.25, 0.3) is 6.02 Å². The molecule has 0 aromatic carbocycles. The summed E-state index contributed by atoms with van der Waals surface area (Å²) in [6.07, 6.45) is 3.65. The Kier molecular flexibility index (Phi) is 1.39. The van der Waals surface area contributed by atoms with Crippen LogP contribution in [0, 0.1) is 0 Å². The van der Waals surface area contributed by atoms with Crippen molar-refractivity contribution in [3.8, 4) is 0 Å². The number of nitrogens with zero attached hydrogens (tertiary/aromatic N) is 2. The topological polar surface area (TPSA) is 50.8 Å². The van der Waals surface area contributed by atoms with Crippen LogP contribution in [-0.4, -0.2) is 42.2 Å². The predicted octanol–water partition coefficient (Wildman–Crippen LogP) is -0.0618. The van der Waals surface area contributed by atoms with Gasteiger partial charge in [-0.1, -0.05) is 0 Å². The van der Waals surface area contributed by atoms with Gasteiger partial charge in [0.1, 0.15) is 5.60 Å². The van der Waals surface area contributed by atoms with Crippen LogP contribution in [0.25, 0.3) is 0 Å². The third-order valence-electron chi connectivity index (χ3n) is 3.60. The predicted molar refractivity (Wildman–Crippen MR) is 49.5 cm³/mol. The van der Waals surface area contributed by atoms with Crippen LogP contribution in [0.5, 0.6) is 0 Å². The van der Waals surface area contributed by atoms with Crippen molar-refractivity contribution in [1.29, 1.82) is 0 Å². The summed E-state index contributed by atoms with van der Waals surface area (Å²) in [7, 11) is 0. The second-order valence-electron chi connectivity index (χ2n) is 4.27. The van der Waals surface area contributed by atoms with Crippen molar-refractivity contribution in [3.63, 3.8) is 0 Å². The summed E-state index contributed by atoms with van der Waals surface area (Å²) in [4.78, 5) is 6.70. The minimum atomic E-state index is -0.0411. The van der Waals surface area contributed by atoms with Crippen LogP contribution in [-0.2, 0) is 4.74 Å². The molecule has 2 unspecified atom stereocenters. The van der Waals surface area contributed by atoms with Crippen molar-refractivity contribution in [2.75, 3.05) is 19.6 Å². The minimum absolute atomic E-state index is 0.0411. The zero-order valence-corrected chi connectivity index (χ0v) is 7.70. The Bertz CT molecular complexity index is 266. The molecule has 3 aliphatic heterocycles. The van der Waals surface area contributed by atoms with Gasteiger partial charge in [0.15, 0.2) is 0 Å². The molecule has 0 aromatic heterocycles. The molecule has 2 saturated heterocycles. The number of aliphatic imine (C=N–C) groups is 1. The second-order valence-corrected chi connectivity index (χ2v) is 4.27. The highest BCUT2D eigenvalue weighted by molar-refractivity contribution is 5.74. The van der Waals surface area contributed by atoms with Crippen molar-refractivity contribution in [2.45, 2.75) is 30.9 Å². The van der Waals surface area contributed by atoms with E-state index in [0.29, 0.717) is 12.1 Å². The summed E-state index contributed by atoms with van der Waals surface area (Å²) in [5, 5.41) is 0. The van der Waals surface area contributed by atoms with Crippen molar-refractivity contribution in [3.05, 3.63) is 0 Å². The van der Waals surface area contributed by atoms with E-state index >= 15 is 0 Å². The molecule has 72 valence electrons. The largest absolute Gasteiger partial charge is 0.455 e. The number of rotatable bonds is 0. The van der Waals surface area contributed by atoms with Gasteiger partial charge in [-0.15, -0.1) is 0 Å². The maximum Gasteiger partial charge on any atom is 0.282 e. The maximum atomic E-state index is 5.71. The number of fused-ring (bicyclic) bond motifs is 2. The van der Waals surface area contributed by atoms with Crippen LogP contribution in [0.2, 0.25) is 0 Å². The van der Waals surface area contributed by atoms with E-state index in [1.54, 1.807) is 0 Å². The van der Waals surface area contributed by atoms with Gasteiger partial charge < -0.3 is 10.5 Å². The van der Waals surface area contributed by atoms with Crippen LogP contribution >= 0.6 is 0 Å². The summed E-state index contributed by atoms with van der Waals surface area (Å²) < 4.78 is 5.71. The van der Waals surface area contributed by atoms with Crippen molar-refractivity contribution < 1.29 is 4.74 Å². The van der Waals surface area contributed by atoms with Gasteiger partial charge in [-0.05, 0) is 19.4 Å². The molecule has 3 heterocycles. The van der Waals surface area contributed by atoms with Crippen LogP contribution in [0.1, 0.15) is 19.3 Å². The Morgan fingerprint density at radius 2 is 2.46 bits per heavy atom. The summed E-state index contributed by atoms with van der Waals surface area (Å²) in [5.41, 5.74) is 5.54. The van der Waals surface area contributed by atoms with Gasteiger partial charge in [-0.2, -0.15) is 0 Å². The van der Waals surface area contributed by atoms with Crippen molar-refractivity contribution in [2.24, 2.45) is 10.7 Å². The molecule has 13 heavy (non-hydrogen) atoms.